The number of halogens is 1. The van der Waals surface area contributed by atoms with Crippen molar-refractivity contribution in [1.82, 2.24) is 0 Å². The summed E-state index contributed by atoms with van der Waals surface area (Å²) in [6.45, 7) is 4.85. The van der Waals surface area contributed by atoms with Crippen molar-refractivity contribution < 1.29 is 14.3 Å². The molecule has 2 rings (SSSR count). The Hall–Kier alpha value is -2.97. The smallest absolute Gasteiger partial charge is 0.266 e. The first-order chi connectivity index (χ1) is 13.1. The van der Waals surface area contributed by atoms with Crippen molar-refractivity contribution in [3.63, 3.8) is 0 Å². The third-order valence-electron chi connectivity index (χ3n) is 3.55. The maximum atomic E-state index is 12.5. The van der Waals surface area contributed by atoms with Gasteiger partial charge in [0, 0.05) is 5.56 Å². The van der Waals surface area contributed by atoms with Gasteiger partial charge in [0.05, 0.1) is 23.9 Å². The van der Waals surface area contributed by atoms with Crippen LogP contribution in [0.15, 0.2) is 48.0 Å². The summed E-state index contributed by atoms with van der Waals surface area (Å²) in [7, 11) is 0. The second-order valence-corrected chi connectivity index (χ2v) is 5.97. The fourth-order valence-corrected chi connectivity index (χ4v) is 2.51. The van der Waals surface area contributed by atoms with E-state index in [9.17, 15) is 10.1 Å². The van der Waals surface area contributed by atoms with Gasteiger partial charge >= 0.3 is 0 Å². The van der Waals surface area contributed by atoms with Gasteiger partial charge in [0.1, 0.15) is 11.6 Å². The van der Waals surface area contributed by atoms with E-state index >= 15 is 0 Å². The van der Waals surface area contributed by atoms with Gasteiger partial charge in [-0.15, -0.1) is 0 Å². The van der Waals surface area contributed by atoms with Gasteiger partial charge in [0.2, 0.25) is 0 Å². The third-order valence-corrected chi connectivity index (χ3v) is 3.88. The van der Waals surface area contributed by atoms with E-state index < -0.39 is 5.91 Å². The molecule has 1 N–H and O–H groups in total. The number of nitriles is 1. The molecule has 5 nitrogen and oxygen atoms in total. The summed E-state index contributed by atoms with van der Waals surface area (Å²) < 4.78 is 11.4. The zero-order valence-electron chi connectivity index (χ0n) is 15.3. The minimum Gasteiger partial charge on any atom is -0.490 e. The Morgan fingerprint density at radius 3 is 2.63 bits per heavy atom. The molecule has 0 aliphatic carbocycles. The molecule has 140 valence electrons. The Morgan fingerprint density at radius 1 is 1.19 bits per heavy atom. The first-order valence-corrected chi connectivity index (χ1v) is 9.04. The Bertz CT molecular complexity index is 872. The molecule has 0 aliphatic rings. The Balaban J connectivity index is 2.36. The number of anilines is 1. The summed E-state index contributed by atoms with van der Waals surface area (Å²) in [6.07, 6.45) is 2.31. The van der Waals surface area contributed by atoms with E-state index in [4.69, 9.17) is 21.1 Å². The van der Waals surface area contributed by atoms with Crippen LogP contribution in [0.2, 0.25) is 5.02 Å². The van der Waals surface area contributed by atoms with Crippen molar-refractivity contribution in [3.05, 3.63) is 58.6 Å². The zero-order chi connectivity index (χ0) is 19.6. The van der Waals surface area contributed by atoms with Gasteiger partial charge in [-0.25, -0.2) is 0 Å². The first-order valence-electron chi connectivity index (χ1n) is 8.67. The van der Waals surface area contributed by atoms with Crippen LogP contribution in [0, 0.1) is 11.3 Å². The average Bonchev–Trinajstić information content (AvgIpc) is 2.67. The lowest BCUT2D eigenvalue weighted by Crippen LogP contribution is -2.13. The summed E-state index contributed by atoms with van der Waals surface area (Å²) in [5.41, 5.74) is 0.973. The molecular formula is C21H21ClN2O3. The Kier molecular flexibility index (Phi) is 7.72. The van der Waals surface area contributed by atoms with Gasteiger partial charge in [-0.2, -0.15) is 5.26 Å². The van der Waals surface area contributed by atoms with Crippen molar-refractivity contribution in [3.8, 4) is 17.6 Å². The minimum absolute atomic E-state index is 0.0649. The van der Waals surface area contributed by atoms with Gasteiger partial charge in [-0.1, -0.05) is 42.8 Å². The van der Waals surface area contributed by atoms with E-state index in [2.05, 4.69) is 5.32 Å². The molecule has 0 aliphatic heterocycles. The highest BCUT2D eigenvalue weighted by Crippen LogP contribution is 2.33. The Morgan fingerprint density at radius 2 is 1.96 bits per heavy atom. The van der Waals surface area contributed by atoms with Gasteiger partial charge in [0.25, 0.3) is 5.91 Å². The van der Waals surface area contributed by atoms with Crippen LogP contribution >= 0.6 is 11.6 Å². The fourth-order valence-electron chi connectivity index (χ4n) is 2.33. The van der Waals surface area contributed by atoms with Gasteiger partial charge < -0.3 is 14.8 Å². The number of hydrogen-bond acceptors (Lipinski definition) is 4. The molecule has 0 aromatic heterocycles. The molecule has 1 amide bonds. The summed E-state index contributed by atoms with van der Waals surface area (Å²) in [5.74, 6) is 0.539. The normalized spacial score (nSPS) is 10.8. The van der Waals surface area contributed by atoms with E-state index in [1.54, 1.807) is 42.5 Å². The topological polar surface area (TPSA) is 71.3 Å². The minimum atomic E-state index is -0.547. The molecular weight excluding hydrogens is 364 g/mol. The van der Waals surface area contributed by atoms with Crippen LogP contribution in [-0.4, -0.2) is 19.1 Å². The van der Waals surface area contributed by atoms with Crippen LogP contribution in [0.3, 0.4) is 0 Å². The number of nitrogens with zero attached hydrogens (tertiary/aromatic N) is 1. The lowest BCUT2D eigenvalue weighted by molar-refractivity contribution is -0.112. The van der Waals surface area contributed by atoms with E-state index in [-0.39, 0.29) is 5.57 Å². The van der Waals surface area contributed by atoms with Crippen molar-refractivity contribution in [1.29, 1.82) is 5.26 Å². The molecule has 0 fully saturated rings. The molecule has 0 radical (unpaired) electrons. The average molecular weight is 385 g/mol. The summed E-state index contributed by atoms with van der Waals surface area (Å²) in [4.78, 5) is 12.5. The van der Waals surface area contributed by atoms with Crippen molar-refractivity contribution >= 4 is 29.3 Å². The highest BCUT2D eigenvalue weighted by molar-refractivity contribution is 6.34. The predicted molar refractivity (Wildman–Crippen MR) is 107 cm³/mol. The van der Waals surface area contributed by atoms with Crippen LogP contribution in [0.25, 0.3) is 6.08 Å². The van der Waals surface area contributed by atoms with Gasteiger partial charge in [0.15, 0.2) is 11.5 Å². The van der Waals surface area contributed by atoms with Crippen LogP contribution in [0.1, 0.15) is 25.8 Å². The number of rotatable bonds is 8. The number of para-hydroxylation sites is 2. The molecule has 2 aromatic carbocycles. The second-order valence-electron chi connectivity index (χ2n) is 5.56. The summed E-state index contributed by atoms with van der Waals surface area (Å²) in [5, 5.41) is 12.5. The number of nitrogens with one attached hydrogen (secondary N) is 1. The molecule has 0 saturated heterocycles. The Labute approximate surface area is 164 Å². The van der Waals surface area contributed by atoms with Crippen molar-refractivity contribution in [2.75, 3.05) is 18.5 Å². The number of hydrogen-bond donors (Lipinski definition) is 1. The molecule has 0 saturated carbocycles. The number of carbonyl (C=O) groups excluding carboxylic acids is 1. The maximum absolute atomic E-state index is 12.5. The number of amides is 1. The van der Waals surface area contributed by atoms with E-state index in [0.29, 0.717) is 41.0 Å². The maximum Gasteiger partial charge on any atom is 0.266 e. The molecule has 0 heterocycles. The second kappa shape index (κ2) is 10.2. The van der Waals surface area contributed by atoms with Crippen molar-refractivity contribution in [2.24, 2.45) is 0 Å². The standard InChI is InChI=1S/C21H21ClN2O3/c1-3-12-27-20-15(8-7-11-19(20)26-4-2)13-16(14-23)21(25)24-18-10-6-5-9-17(18)22/h5-11,13H,3-4,12H2,1-2H3,(H,24,25)/b16-13+. The summed E-state index contributed by atoms with van der Waals surface area (Å²) >= 11 is 6.06. The highest BCUT2D eigenvalue weighted by Gasteiger charge is 2.15. The molecule has 6 heteroatoms. The fraction of sp³-hybridized carbons (Fsp3) is 0.238. The largest absolute Gasteiger partial charge is 0.490 e. The number of ether oxygens (including phenoxy) is 2. The van der Waals surface area contributed by atoms with Crippen LogP contribution in [-0.2, 0) is 4.79 Å². The molecule has 0 atom stereocenters. The van der Waals surface area contributed by atoms with Crippen LogP contribution in [0.4, 0.5) is 5.69 Å². The van der Waals surface area contributed by atoms with E-state index in [1.807, 2.05) is 19.9 Å². The molecule has 0 bridgehead atoms. The van der Waals surface area contributed by atoms with E-state index in [0.717, 1.165) is 6.42 Å². The zero-order valence-corrected chi connectivity index (χ0v) is 16.0. The van der Waals surface area contributed by atoms with Crippen LogP contribution in [0.5, 0.6) is 11.5 Å². The predicted octanol–water partition coefficient (Wildman–Crippen LogP) is 5.07. The van der Waals surface area contributed by atoms with Crippen LogP contribution < -0.4 is 14.8 Å². The summed E-state index contributed by atoms with van der Waals surface area (Å²) in [6, 6.07) is 14.1. The van der Waals surface area contributed by atoms with Gasteiger partial charge in [-0.3, -0.25) is 4.79 Å². The first kappa shape index (κ1) is 20.3. The highest BCUT2D eigenvalue weighted by atomic mass is 35.5. The quantitative estimate of drug-likeness (QED) is 0.509. The lowest BCUT2D eigenvalue weighted by Gasteiger charge is -2.14. The molecule has 2 aromatic rings. The molecule has 0 spiro atoms. The van der Waals surface area contributed by atoms with E-state index in [1.165, 1.54) is 6.08 Å². The lowest BCUT2D eigenvalue weighted by atomic mass is 10.1. The SMILES string of the molecule is CCCOc1c(/C=C(\C#N)C(=O)Nc2ccccc2Cl)cccc1OCC. The van der Waals surface area contributed by atoms with Gasteiger partial charge in [-0.05, 0) is 37.6 Å². The van der Waals surface area contributed by atoms with Crippen molar-refractivity contribution in [2.45, 2.75) is 20.3 Å². The monoisotopic (exact) mass is 384 g/mol. The third kappa shape index (κ3) is 5.50. The molecule has 27 heavy (non-hydrogen) atoms. The molecule has 0 unspecified atom stereocenters. The number of benzene rings is 2. The number of carbonyl (C=O) groups is 1.